The van der Waals surface area contributed by atoms with E-state index >= 15 is 0 Å². The molecule has 1 saturated carbocycles. The van der Waals surface area contributed by atoms with E-state index in [9.17, 15) is 0 Å². The van der Waals surface area contributed by atoms with Crippen LogP contribution in [0, 0.1) is 0 Å². The molecule has 0 heterocycles. The number of hydrogen-bond acceptors (Lipinski definition) is 0. The first-order valence-corrected chi connectivity index (χ1v) is 6.95. The largest absolute Gasteiger partial charge is 0.109 e. The standard InChI is InChI=1S/C9H19P/c1-8(2)10(3,4)9-6-5-7-9/h9H,5-7H2,1-4H3. The Morgan fingerprint density at radius 3 is 1.80 bits per heavy atom. The van der Waals surface area contributed by atoms with Gasteiger partial charge in [0.05, 0.1) is 0 Å². The van der Waals surface area contributed by atoms with Crippen LogP contribution in [0.25, 0.3) is 0 Å². The Morgan fingerprint density at radius 1 is 1.20 bits per heavy atom. The Kier molecular flexibility index (Phi) is 2.30. The first-order valence-electron chi connectivity index (χ1n) is 4.19. The minimum Gasteiger partial charge on any atom is -0.109 e. The van der Waals surface area contributed by atoms with E-state index in [2.05, 4.69) is 27.2 Å². The summed E-state index contributed by atoms with van der Waals surface area (Å²) in [6, 6.07) is 0. The molecule has 1 aliphatic rings. The normalized spacial score (nSPS) is 20.4. The van der Waals surface area contributed by atoms with Gasteiger partial charge in [0.2, 0.25) is 0 Å². The summed E-state index contributed by atoms with van der Waals surface area (Å²) in [5.74, 6) is 0. The van der Waals surface area contributed by atoms with Gasteiger partial charge in [-0.1, -0.05) is 11.7 Å². The van der Waals surface area contributed by atoms with Crippen LogP contribution in [0.5, 0.6) is 0 Å². The molecule has 1 heteroatoms. The van der Waals surface area contributed by atoms with Crippen LogP contribution in [0.15, 0.2) is 0 Å². The Hall–Kier alpha value is 0.300. The van der Waals surface area contributed by atoms with Gasteiger partial charge in [-0.15, -0.1) is 6.89 Å². The van der Waals surface area contributed by atoms with Crippen molar-refractivity contribution >= 4 is 12.2 Å². The van der Waals surface area contributed by atoms with Gasteiger partial charge in [-0.05, 0) is 45.7 Å². The molecule has 1 fully saturated rings. The molecule has 1 aliphatic carbocycles. The van der Waals surface area contributed by atoms with Crippen LogP contribution in [0.1, 0.15) is 33.1 Å². The minimum atomic E-state index is -0.602. The summed E-state index contributed by atoms with van der Waals surface area (Å²) in [5, 5.41) is 1.71. The van der Waals surface area contributed by atoms with Crippen molar-refractivity contribution in [1.82, 2.24) is 0 Å². The van der Waals surface area contributed by atoms with E-state index in [-0.39, 0.29) is 0 Å². The second-order valence-electron chi connectivity index (χ2n) is 4.07. The van der Waals surface area contributed by atoms with E-state index in [0.717, 1.165) is 5.66 Å². The maximum Gasteiger partial charge on any atom is -0.0216 e. The van der Waals surface area contributed by atoms with Crippen LogP contribution in [0.4, 0.5) is 0 Å². The topological polar surface area (TPSA) is 0 Å². The van der Waals surface area contributed by atoms with Crippen LogP contribution in [0.2, 0.25) is 0 Å². The Labute approximate surface area is 65.0 Å². The van der Waals surface area contributed by atoms with E-state index in [4.69, 9.17) is 0 Å². The van der Waals surface area contributed by atoms with Gasteiger partial charge in [0.1, 0.15) is 0 Å². The maximum atomic E-state index is 2.49. The van der Waals surface area contributed by atoms with Crippen LogP contribution >= 0.6 is 6.89 Å². The first-order chi connectivity index (χ1) is 4.55. The Morgan fingerprint density at radius 2 is 1.70 bits per heavy atom. The highest BCUT2D eigenvalue weighted by atomic mass is 31.2. The van der Waals surface area contributed by atoms with E-state index in [1.54, 1.807) is 5.29 Å². The second kappa shape index (κ2) is 2.74. The zero-order chi connectivity index (χ0) is 7.78. The molecule has 0 aromatic rings. The molecule has 0 radical (unpaired) electrons. The molecular formula is C9H19P. The van der Waals surface area contributed by atoms with Crippen LogP contribution in [-0.2, 0) is 0 Å². The lowest BCUT2D eigenvalue weighted by molar-refractivity contribution is 0.514. The average Bonchev–Trinajstić information content (AvgIpc) is 1.57. The van der Waals surface area contributed by atoms with Crippen LogP contribution < -0.4 is 0 Å². The summed E-state index contributed by atoms with van der Waals surface area (Å²) in [6.07, 6.45) is 4.50. The van der Waals surface area contributed by atoms with Crippen molar-refractivity contribution in [2.24, 2.45) is 0 Å². The fraction of sp³-hybridized carbons (Fsp3) is 0.889. The van der Waals surface area contributed by atoms with Gasteiger partial charge in [0, 0.05) is 0 Å². The van der Waals surface area contributed by atoms with Crippen molar-refractivity contribution < 1.29 is 0 Å². The monoisotopic (exact) mass is 158 g/mol. The van der Waals surface area contributed by atoms with Gasteiger partial charge in [-0.25, -0.2) is 0 Å². The first kappa shape index (κ1) is 8.40. The highest BCUT2D eigenvalue weighted by Gasteiger charge is 2.26. The third-order valence-corrected chi connectivity index (χ3v) is 7.79. The molecule has 1 rings (SSSR count). The lowest BCUT2D eigenvalue weighted by Crippen LogP contribution is -2.19. The van der Waals surface area contributed by atoms with Crippen molar-refractivity contribution in [2.45, 2.75) is 38.8 Å². The summed E-state index contributed by atoms with van der Waals surface area (Å²) < 4.78 is 0. The van der Waals surface area contributed by atoms with Gasteiger partial charge in [0.25, 0.3) is 0 Å². The summed E-state index contributed by atoms with van der Waals surface area (Å²) in [6.45, 7) is 9.01. The molecular weight excluding hydrogens is 139 g/mol. The van der Waals surface area contributed by atoms with Crippen molar-refractivity contribution in [3.05, 3.63) is 0 Å². The summed E-state index contributed by atoms with van der Waals surface area (Å²) in [5.41, 5.74) is 1.09. The predicted molar refractivity (Wildman–Crippen MR) is 52.8 cm³/mol. The molecule has 0 amide bonds. The summed E-state index contributed by atoms with van der Waals surface area (Å²) in [4.78, 5) is 0. The molecule has 0 unspecified atom stereocenters. The molecule has 0 saturated heterocycles. The highest BCUT2D eigenvalue weighted by Crippen LogP contribution is 2.54. The molecule has 60 valence electrons. The SMILES string of the molecule is CC(C)=P(C)(C)C1CCC1. The molecule has 0 spiro atoms. The molecule has 0 aromatic carbocycles. The Balaban J connectivity index is 2.76. The van der Waals surface area contributed by atoms with E-state index in [1.165, 1.54) is 19.3 Å². The molecule has 10 heavy (non-hydrogen) atoms. The number of hydrogen-bond donors (Lipinski definition) is 0. The van der Waals surface area contributed by atoms with Crippen molar-refractivity contribution in [3.63, 3.8) is 0 Å². The smallest absolute Gasteiger partial charge is 0.0216 e. The fourth-order valence-electron chi connectivity index (χ4n) is 1.40. The van der Waals surface area contributed by atoms with Gasteiger partial charge >= 0.3 is 0 Å². The van der Waals surface area contributed by atoms with E-state index in [0.29, 0.717) is 0 Å². The van der Waals surface area contributed by atoms with Crippen molar-refractivity contribution in [3.8, 4) is 0 Å². The van der Waals surface area contributed by atoms with Crippen molar-refractivity contribution in [1.29, 1.82) is 0 Å². The van der Waals surface area contributed by atoms with Gasteiger partial charge in [-0.3, -0.25) is 0 Å². The highest BCUT2D eigenvalue weighted by molar-refractivity contribution is 7.75. The second-order valence-corrected chi connectivity index (χ2v) is 8.78. The quantitative estimate of drug-likeness (QED) is 0.514. The molecule has 0 aliphatic heterocycles. The molecule has 0 nitrogen and oxygen atoms in total. The zero-order valence-electron chi connectivity index (χ0n) is 7.65. The van der Waals surface area contributed by atoms with Gasteiger partial charge < -0.3 is 0 Å². The van der Waals surface area contributed by atoms with Crippen LogP contribution in [0.3, 0.4) is 0 Å². The maximum absolute atomic E-state index is 2.49. The lowest BCUT2D eigenvalue weighted by Gasteiger charge is -2.36. The molecule has 0 aromatic heterocycles. The third-order valence-electron chi connectivity index (χ3n) is 3.14. The van der Waals surface area contributed by atoms with E-state index < -0.39 is 6.89 Å². The van der Waals surface area contributed by atoms with Gasteiger partial charge in [0.15, 0.2) is 0 Å². The molecule has 0 N–H and O–H groups in total. The predicted octanol–water partition coefficient (Wildman–Crippen LogP) is 3.03. The van der Waals surface area contributed by atoms with Gasteiger partial charge in [-0.2, -0.15) is 0 Å². The average molecular weight is 158 g/mol. The zero-order valence-corrected chi connectivity index (χ0v) is 8.54. The minimum absolute atomic E-state index is 0.602. The summed E-state index contributed by atoms with van der Waals surface area (Å²) in [7, 11) is 0. The third kappa shape index (κ3) is 1.32. The van der Waals surface area contributed by atoms with Crippen LogP contribution in [-0.4, -0.2) is 24.3 Å². The summed E-state index contributed by atoms with van der Waals surface area (Å²) >= 11 is 0. The van der Waals surface area contributed by atoms with Crippen molar-refractivity contribution in [2.75, 3.05) is 13.3 Å². The fourth-order valence-corrected chi connectivity index (χ4v) is 3.78. The van der Waals surface area contributed by atoms with E-state index in [1.807, 2.05) is 0 Å². The lowest BCUT2D eigenvalue weighted by atomic mass is 10.00. The molecule has 0 bridgehead atoms. The Bertz CT molecular complexity index is 165. The number of rotatable bonds is 1. The molecule has 0 atom stereocenters.